The van der Waals surface area contributed by atoms with Gasteiger partial charge in [-0.2, -0.15) is 5.10 Å². The third-order valence-corrected chi connectivity index (χ3v) is 7.31. The van der Waals surface area contributed by atoms with Gasteiger partial charge >= 0.3 is 0 Å². The quantitative estimate of drug-likeness (QED) is 0.271. The summed E-state index contributed by atoms with van der Waals surface area (Å²) in [6.45, 7) is 8.39. The minimum Gasteiger partial charge on any atom is -0.346 e. The zero-order valence-electron chi connectivity index (χ0n) is 19.4. The van der Waals surface area contributed by atoms with Crippen LogP contribution < -0.4 is 0 Å². The molecule has 5 heteroatoms. The van der Waals surface area contributed by atoms with E-state index in [-0.39, 0.29) is 0 Å². The van der Waals surface area contributed by atoms with Crippen LogP contribution in [0.15, 0.2) is 67.1 Å². The Bertz CT molecular complexity index is 1530. The van der Waals surface area contributed by atoms with Gasteiger partial charge in [-0.15, -0.1) is 0 Å². The largest absolute Gasteiger partial charge is 0.346 e. The first-order chi connectivity index (χ1) is 16.7. The predicted octanol–water partition coefficient (Wildman–Crippen LogP) is 7.39. The molecule has 0 saturated heterocycles. The molecule has 34 heavy (non-hydrogen) atoms. The molecule has 6 rings (SSSR count). The molecule has 0 aliphatic heterocycles. The predicted molar refractivity (Wildman–Crippen MR) is 138 cm³/mol. The van der Waals surface area contributed by atoms with Crippen LogP contribution in [0.25, 0.3) is 49.0 Å². The smallest absolute Gasteiger partial charge is 0.187 e. The van der Waals surface area contributed by atoms with Gasteiger partial charge in [0, 0.05) is 41.7 Å². The number of fused-ring (bicyclic) bond motifs is 2. The summed E-state index contributed by atoms with van der Waals surface area (Å²) >= 11 is 0. The number of rotatable bonds is 4. The minimum atomic E-state index is 0.650. The Morgan fingerprint density at radius 3 is 2.53 bits per heavy atom. The molecule has 0 bridgehead atoms. The lowest BCUT2D eigenvalue weighted by Gasteiger charge is -2.22. The van der Waals surface area contributed by atoms with Crippen LogP contribution in [-0.2, 0) is 13.6 Å². The Morgan fingerprint density at radius 2 is 1.74 bits per heavy atom. The Hall–Kier alpha value is -3.91. The topological polar surface area (TPSA) is 40.0 Å². The SMILES string of the molecule is [C-]#[N+]c1ccc(-c2c(-c3ccc4c(cnn4C)c3)ncc3c2ccn3CC2CCCCC2)cc1. The summed E-state index contributed by atoms with van der Waals surface area (Å²) in [5.41, 5.74) is 7.18. The van der Waals surface area contributed by atoms with Gasteiger partial charge in [0.2, 0.25) is 0 Å². The van der Waals surface area contributed by atoms with Gasteiger partial charge in [0.15, 0.2) is 5.69 Å². The Morgan fingerprint density at radius 1 is 0.941 bits per heavy atom. The van der Waals surface area contributed by atoms with E-state index in [9.17, 15) is 0 Å². The fourth-order valence-corrected chi connectivity index (χ4v) is 5.49. The summed E-state index contributed by atoms with van der Waals surface area (Å²) in [4.78, 5) is 8.60. The average molecular weight is 446 g/mol. The number of pyridine rings is 1. The lowest BCUT2D eigenvalue weighted by atomic mass is 9.89. The highest BCUT2D eigenvalue weighted by molar-refractivity contribution is 6.02. The van der Waals surface area contributed by atoms with Crippen molar-refractivity contribution < 1.29 is 0 Å². The highest BCUT2D eigenvalue weighted by Crippen LogP contribution is 2.39. The second kappa shape index (κ2) is 8.46. The van der Waals surface area contributed by atoms with Crippen molar-refractivity contribution in [3.8, 4) is 22.4 Å². The molecule has 0 spiro atoms. The molecule has 2 aromatic carbocycles. The summed E-state index contributed by atoms with van der Waals surface area (Å²) in [7, 11) is 1.96. The van der Waals surface area contributed by atoms with Crippen molar-refractivity contribution in [2.45, 2.75) is 38.6 Å². The van der Waals surface area contributed by atoms with E-state index in [1.807, 2.05) is 36.3 Å². The van der Waals surface area contributed by atoms with Crippen molar-refractivity contribution in [2.24, 2.45) is 13.0 Å². The minimum absolute atomic E-state index is 0.650. The maximum Gasteiger partial charge on any atom is 0.187 e. The molecule has 0 amide bonds. The van der Waals surface area contributed by atoms with Crippen molar-refractivity contribution in [2.75, 3.05) is 0 Å². The molecule has 0 radical (unpaired) electrons. The Labute approximate surface area is 199 Å². The van der Waals surface area contributed by atoms with E-state index in [1.165, 1.54) is 43.0 Å². The molecule has 1 aliphatic rings. The normalized spacial score (nSPS) is 14.6. The van der Waals surface area contributed by atoms with Crippen LogP contribution in [-0.4, -0.2) is 19.3 Å². The summed E-state index contributed by atoms with van der Waals surface area (Å²) in [5, 5.41) is 6.72. The molecule has 3 heterocycles. The van der Waals surface area contributed by atoms with Gasteiger partial charge in [0.05, 0.1) is 35.7 Å². The lowest BCUT2D eigenvalue weighted by Crippen LogP contribution is -2.13. The van der Waals surface area contributed by atoms with Gasteiger partial charge < -0.3 is 4.57 Å². The number of benzene rings is 2. The van der Waals surface area contributed by atoms with Crippen molar-refractivity contribution in [3.05, 3.63) is 78.5 Å². The van der Waals surface area contributed by atoms with Crippen LogP contribution in [0.2, 0.25) is 0 Å². The van der Waals surface area contributed by atoms with Crippen LogP contribution in [0.5, 0.6) is 0 Å². The third-order valence-electron chi connectivity index (χ3n) is 7.31. The molecule has 0 unspecified atom stereocenters. The van der Waals surface area contributed by atoms with E-state index in [1.54, 1.807) is 0 Å². The highest BCUT2D eigenvalue weighted by Gasteiger charge is 2.19. The summed E-state index contributed by atoms with van der Waals surface area (Å²) in [5.74, 6) is 0.749. The highest BCUT2D eigenvalue weighted by atomic mass is 15.2. The van der Waals surface area contributed by atoms with Crippen LogP contribution >= 0.6 is 0 Å². The van der Waals surface area contributed by atoms with Gasteiger partial charge in [0.25, 0.3) is 0 Å². The number of hydrogen-bond donors (Lipinski definition) is 0. The second-order valence-electron chi connectivity index (χ2n) is 9.45. The van der Waals surface area contributed by atoms with E-state index >= 15 is 0 Å². The monoisotopic (exact) mass is 445 g/mol. The maximum atomic E-state index is 7.33. The molecule has 1 saturated carbocycles. The fraction of sp³-hybridized carbons (Fsp3) is 0.276. The van der Waals surface area contributed by atoms with Gasteiger partial charge in [-0.1, -0.05) is 49.6 Å². The van der Waals surface area contributed by atoms with Crippen molar-refractivity contribution in [3.63, 3.8) is 0 Å². The van der Waals surface area contributed by atoms with E-state index in [0.29, 0.717) is 5.69 Å². The number of nitrogens with zero attached hydrogens (tertiary/aromatic N) is 5. The zero-order chi connectivity index (χ0) is 23.1. The molecule has 5 nitrogen and oxygen atoms in total. The summed E-state index contributed by atoms with van der Waals surface area (Å²) < 4.78 is 4.29. The molecule has 0 atom stereocenters. The van der Waals surface area contributed by atoms with Crippen molar-refractivity contribution in [1.29, 1.82) is 0 Å². The van der Waals surface area contributed by atoms with Crippen LogP contribution in [0.4, 0.5) is 5.69 Å². The average Bonchev–Trinajstić information content (AvgIpc) is 3.47. The van der Waals surface area contributed by atoms with Gasteiger partial charge in [-0.25, -0.2) is 4.85 Å². The van der Waals surface area contributed by atoms with Gasteiger partial charge in [-0.3, -0.25) is 9.67 Å². The molecule has 168 valence electrons. The Balaban J connectivity index is 1.52. The first-order valence-electron chi connectivity index (χ1n) is 12.1. The first-order valence-corrected chi connectivity index (χ1v) is 12.1. The Kier molecular flexibility index (Phi) is 5.15. The first kappa shape index (κ1) is 20.7. The number of aryl methyl sites for hydroxylation is 1. The second-order valence-corrected chi connectivity index (χ2v) is 9.45. The molecular formula is C29H27N5. The lowest BCUT2D eigenvalue weighted by molar-refractivity contribution is 0.322. The molecule has 5 aromatic rings. The zero-order valence-corrected chi connectivity index (χ0v) is 19.4. The number of hydrogen-bond acceptors (Lipinski definition) is 2. The van der Waals surface area contributed by atoms with E-state index in [2.05, 4.69) is 57.1 Å². The van der Waals surface area contributed by atoms with Crippen LogP contribution in [0, 0.1) is 12.5 Å². The van der Waals surface area contributed by atoms with Gasteiger partial charge in [0.1, 0.15) is 0 Å². The standard InChI is InChI=1S/C29H27N5/c1-30-24-11-8-21(9-12-24)28-25-14-15-34(19-20-6-4-3-5-7-20)27(25)18-31-29(28)22-10-13-26-23(16-22)17-32-33(26)2/h8-18,20H,3-7,19H2,2H3. The summed E-state index contributed by atoms with van der Waals surface area (Å²) in [6, 6.07) is 16.6. The molecule has 3 aromatic heterocycles. The van der Waals surface area contributed by atoms with Crippen LogP contribution in [0.3, 0.4) is 0 Å². The van der Waals surface area contributed by atoms with Gasteiger partial charge in [-0.05, 0) is 42.5 Å². The van der Waals surface area contributed by atoms with E-state index < -0.39 is 0 Å². The van der Waals surface area contributed by atoms with E-state index in [0.717, 1.165) is 45.7 Å². The third kappa shape index (κ3) is 3.56. The molecule has 0 N–H and O–H groups in total. The molecular weight excluding hydrogens is 418 g/mol. The van der Waals surface area contributed by atoms with Crippen LogP contribution in [0.1, 0.15) is 32.1 Å². The summed E-state index contributed by atoms with van der Waals surface area (Å²) in [6.07, 6.45) is 12.9. The molecule has 1 aliphatic carbocycles. The van der Waals surface area contributed by atoms with Crippen molar-refractivity contribution in [1.82, 2.24) is 19.3 Å². The molecule has 1 fully saturated rings. The van der Waals surface area contributed by atoms with E-state index in [4.69, 9.17) is 11.6 Å². The number of aromatic nitrogens is 4. The fourth-order valence-electron chi connectivity index (χ4n) is 5.49. The van der Waals surface area contributed by atoms with Crippen molar-refractivity contribution >= 4 is 27.5 Å². The maximum absolute atomic E-state index is 7.33.